The van der Waals surface area contributed by atoms with Gasteiger partial charge in [-0.15, -0.1) is 5.10 Å². The van der Waals surface area contributed by atoms with Gasteiger partial charge in [-0.25, -0.2) is 0 Å². The number of ether oxygens (including phenoxy) is 2. The number of nitrogens with one attached hydrogen (secondary N) is 1. The van der Waals surface area contributed by atoms with Crippen LogP contribution in [0.2, 0.25) is 0 Å². The highest BCUT2D eigenvalue weighted by Gasteiger charge is 2.12. The van der Waals surface area contributed by atoms with Crippen LogP contribution in [-0.2, 0) is 13.2 Å². The Labute approximate surface area is 192 Å². The largest absolute Gasteiger partial charge is 0.493 e. The van der Waals surface area contributed by atoms with Gasteiger partial charge in [-0.3, -0.25) is 0 Å². The number of methoxy groups -OCH3 is 1. The Kier molecular flexibility index (Phi) is 7.29. The molecule has 8 heteroatoms. The molecule has 4 aromatic rings. The highest BCUT2D eigenvalue weighted by atomic mass is 16.5. The quantitative estimate of drug-likeness (QED) is 0.386. The lowest BCUT2D eigenvalue weighted by atomic mass is 10.1. The molecule has 1 heterocycles. The molecular formula is C25H27N5O3. The van der Waals surface area contributed by atoms with Crippen LogP contribution >= 0.6 is 0 Å². The Morgan fingerprint density at radius 1 is 1.00 bits per heavy atom. The van der Waals surface area contributed by atoms with Gasteiger partial charge in [-0.1, -0.05) is 54.1 Å². The Bertz CT molecular complexity index is 1160. The van der Waals surface area contributed by atoms with Crippen LogP contribution in [0.25, 0.3) is 5.69 Å². The summed E-state index contributed by atoms with van der Waals surface area (Å²) in [7, 11) is 1.61. The molecule has 0 saturated heterocycles. The lowest BCUT2D eigenvalue weighted by molar-refractivity contribution is 0.174. The molecule has 1 aromatic heterocycles. The maximum Gasteiger partial charge on any atom is 0.194 e. The third-order valence-corrected chi connectivity index (χ3v) is 5.25. The van der Waals surface area contributed by atoms with Gasteiger partial charge in [-0.2, -0.15) is 4.68 Å². The van der Waals surface area contributed by atoms with Crippen molar-refractivity contribution in [3.05, 3.63) is 95.3 Å². The van der Waals surface area contributed by atoms with Crippen molar-refractivity contribution >= 4 is 0 Å². The maximum atomic E-state index is 10.3. The molecule has 0 aliphatic carbocycles. The molecule has 0 spiro atoms. The number of tetrazole rings is 1. The summed E-state index contributed by atoms with van der Waals surface area (Å²) >= 11 is 0. The van der Waals surface area contributed by atoms with Crippen molar-refractivity contribution in [2.45, 2.75) is 26.2 Å². The monoisotopic (exact) mass is 445 g/mol. The van der Waals surface area contributed by atoms with Crippen molar-refractivity contribution in [2.75, 3.05) is 13.7 Å². The van der Waals surface area contributed by atoms with Crippen molar-refractivity contribution in [2.24, 2.45) is 0 Å². The summed E-state index contributed by atoms with van der Waals surface area (Å²) in [6.45, 7) is 3.26. The third-order valence-electron chi connectivity index (χ3n) is 5.25. The highest BCUT2D eigenvalue weighted by molar-refractivity contribution is 5.43. The van der Waals surface area contributed by atoms with E-state index in [4.69, 9.17) is 9.47 Å². The van der Waals surface area contributed by atoms with E-state index in [-0.39, 0.29) is 6.61 Å². The van der Waals surface area contributed by atoms with E-state index >= 15 is 0 Å². The summed E-state index contributed by atoms with van der Waals surface area (Å²) in [5.74, 6) is 1.80. The van der Waals surface area contributed by atoms with E-state index in [1.165, 1.54) is 5.56 Å². The molecule has 0 saturated carbocycles. The van der Waals surface area contributed by atoms with Crippen LogP contribution in [0.5, 0.6) is 11.5 Å². The minimum Gasteiger partial charge on any atom is -0.493 e. The van der Waals surface area contributed by atoms with E-state index < -0.39 is 6.10 Å². The first-order valence-corrected chi connectivity index (χ1v) is 10.7. The number of rotatable bonds is 10. The fourth-order valence-electron chi connectivity index (χ4n) is 3.41. The molecule has 0 aliphatic heterocycles. The first-order chi connectivity index (χ1) is 16.1. The second kappa shape index (κ2) is 10.7. The van der Waals surface area contributed by atoms with Crippen LogP contribution < -0.4 is 14.8 Å². The van der Waals surface area contributed by atoms with Crippen molar-refractivity contribution in [3.8, 4) is 17.2 Å². The topological polar surface area (TPSA) is 94.3 Å². The average Bonchev–Trinajstić information content (AvgIpc) is 3.32. The summed E-state index contributed by atoms with van der Waals surface area (Å²) in [4.78, 5) is 0. The summed E-state index contributed by atoms with van der Waals surface area (Å²) in [6, 6.07) is 23.3. The van der Waals surface area contributed by atoms with Crippen LogP contribution in [0, 0.1) is 6.92 Å². The number of hydrogen-bond donors (Lipinski definition) is 2. The molecule has 1 unspecified atom stereocenters. The zero-order chi connectivity index (χ0) is 23.0. The first-order valence-electron chi connectivity index (χ1n) is 10.7. The SMILES string of the molecule is COc1cc(CNCC(O)c2ccccc2)ccc1OCc1nnnn1-c1ccc(C)cc1. The van der Waals surface area contributed by atoms with Crippen molar-refractivity contribution in [3.63, 3.8) is 0 Å². The van der Waals surface area contributed by atoms with E-state index in [1.807, 2.05) is 79.7 Å². The Hall–Kier alpha value is -3.75. The summed E-state index contributed by atoms with van der Waals surface area (Å²) in [6.07, 6.45) is -0.560. The van der Waals surface area contributed by atoms with Crippen molar-refractivity contribution in [1.82, 2.24) is 25.5 Å². The van der Waals surface area contributed by atoms with Gasteiger partial charge >= 0.3 is 0 Å². The van der Waals surface area contributed by atoms with Crippen LogP contribution in [0.1, 0.15) is 28.6 Å². The fraction of sp³-hybridized carbons (Fsp3) is 0.240. The van der Waals surface area contributed by atoms with Crippen LogP contribution in [-0.4, -0.2) is 39.0 Å². The Balaban J connectivity index is 1.36. The smallest absolute Gasteiger partial charge is 0.194 e. The number of aryl methyl sites for hydroxylation is 1. The molecule has 0 radical (unpaired) electrons. The lowest BCUT2D eigenvalue weighted by Crippen LogP contribution is -2.21. The van der Waals surface area contributed by atoms with Crippen molar-refractivity contribution < 1.29 is 14.6 Å². The van der Waals surface area contributed by atoms with Gasteiger partial charge < -0.3 is 19.9 Å². The second-order valence-corrected chi connectivity index (χ2v) is 7.67. The molecule has 3 aromatic carbocycles. The molecule has 33 heavy (non-hydrogen) atoms. The van der Waals surface area contributed by atoms with Gasteiger partial charge in [0, 0.05) is 13.1 Å². The number of nitrogens with zero attached hydrogens (tertiary/aromatic N) is 4. The minimum atomic E-state index is -0.560. The number of aliphatic hydroxyl groups is 1. The molecule has 1 atom stereocenters. The molecule has 4 rings (SSSR count). The van der Waals surface area contributed by atoms with Crippen LogP contribution in [0.4, 0.5) is 0 Å². The summed E-state index contributed by atoms with van der Waals surface area (Å²) < 4.78 is 13.1. The molecule has 0 fully saturated rings. The Morgan fingerprint density at radius 3 is 2.55 bits per heavy atom. The van der Waals surface area contributed by atoms with Gasteiger partial charge in [0.25, 0.3) is 0 Å². The number of aliphatic hydroxyl groups excluding tert-OH is 1. The zero-order valence-electron chi connectivity index (χ0n) is 18.7. The predicted molar refractivity (Wildman–Crippen MR) is 124 cm³/mol. The van der Waals surface area contributed by atoms with E-state index in [0.29, 0.717) is 30.4 Å². The maximum absolute atomic E-state index is 10.3. The summed E-state index contributed by atoms with van der Waals surface area (Å²) in [5, 5.41) is 25.5. The molecule has 0 amide bonds. The Morgan fingerprint density at radius 2 is 1.79 bits per heavy atom. The number of benzene rings is 3. The lowest BCUT2D eigenvalue weighted by Gasteiger charge is -2.14. The highest BCUT2D eigenvalue weighted by Crippen LogP contribution is 2.29. The van der Waals surface area contributed by atoms with Gasteiger partial charge in [0.15, 0.2) is 23.9 Å². The molecule has 0 bridgehead atoms. The minimum absolute atomic E-state index is 0.193. The van der Waals surface area contributed by atoms with Gasteiger partial charge in [0.2, 0.25) is 0 Å². The van der Waals surface area contributed by atoms with Crippen LogP contribution in [0.15, 0.2) is 72.8 Å². The predicted octanol–water partition coefficient (Wildman–Crippen LogP) is 3.38. The van der Waals surface area contributed by atoms with Gasteiger partial charge in [0.1, 0.15) is 0 Å². The van der Waals surface area contributed by atoms with E-state index in [1.54, 1.807) is 11.8 Å². The van der Waals surface area contributed by atoms with Crippen molar-refractivity contribution in [1.29, 1.82) is 0 Å². The second-order valence-electron chi connectivity index (χ2n) is 7.67. The number of aromatic nitrogens is 4. The molecule has 170 valence electrons. The van der Waals surface area contributed by atoms with E-state index in [2.05, 4.69) is 20.8 Å². The molecule has 0 aliphatic rings. The van der Waals surface area contributed by atoms with E-state index in [0.717, 1.165) is 16.8 Å². The average molecular weight is 446 g/mol. The van der Waals surface area contributed by atoms with Crippen LogP contribution in [0.3, 0.4) is 0 Å². The van der Waals surface area contributed by atoms with E-state index in [9.17, 15) is 5.11 Å². The third kappa shape index (κ3) is 5.74. The molecule has 8 nitrogen and oxygen atoms in total. The van der Waals surface area contributed by atoms with Gasteiger partial charge in [0.05, 0.1) is 18.9 Å². The first kappa shape index (κ1) is 22.4. The summed E-state index contributed by atoms with van der Waals surface area (Å²) in [5.41, 5.74) is 3.94. The van der Waals surface area contributed by atoms with Gasteiger partial charge in [-0.05, 0) is 52.7 Å². The zero-order valence-corrected chi connectivity index (χ0v) is 18.7. The fourth-order valence-corrected chi connectivity index (χ4v) is 3.41. The molecular weight excluding hydrogens is 418 g/mol. The standard InChI is InChI=1S/C25H27N5O3/c1-18-8-11-21(12-9-18)30-25(27-28-29-30)17-33-23-13-10-19(14-24(23)32-2)15-26-16-22(31)20-6-4-3-5-7-20/h3-14,22,26,31H,15-17H2,1-2H3. The normalized spacial score (nSPS) is 11.8. The molecule has 2 N–H and O–H groups in total. The number of hydrogen-bond acceptors (Lipinski definition) is 7.